The maximum atomic E-state index is 11.0. The van der Waals surface area contributed by atoms with Gasteiger partial charge in [0.15, 0.2) is 5.76 Å². The van der Waals surface area contributed by atoms with Gasteiger partial charge in [-0.05, 0) is 18.2 Å². The highest BCUT2D eigenvalue weighted by atomic mass is 16.5. The third-order valence-corrected chi connectivity index (χ3v) is 3.49. The van der Waals surface area contributed by atoms with Crippen molar-refractivity contribution in [3.63, 3.8) is 0 Å². The summed E-state index contributed by atoms with van der Waals surface area (Å²) in [5, 5.41) is 11.9. The fourth-order valence-electron chi connectivity index (χ4n) is 2.39. The maximum Gasteiger partial charge on any atom is 0.213 e. The van der Waals surface area contributed by atoms with Crippen molar-refractivity contribution in [3.8, 4) is 18.1 Å². The molecule has 0 aliphatic carbocycles. The molecule has 0 spiro atoms. The number of methoxy groups -OCH3 is 1. The van der Waals surface area contributed by atoms with E-state index in [1.165, 1.54) is 7.11 Å². The lowest BCUT2D eigenvalue weighted by Crippen LogP contribution is -2.25. The minimum Gasteiger partial charge on any atom is -0.496 e. The summed E-state index contributed by atoms with van der Waals surface area (Å²) in [5.41, 5.74) is -0.517. The second-order valence-electron chi connectivity index (χ2n) is 4.70. The van der Waals surface area contributed by atoms with Crippen LogP contribution < -0.4 is 4.74 Å². The number of fused-ring (bicyclic) bond motifs is 1. The van der Waals surface area contributed by atoms with Gasteiger partial charge in [-0.25, -0.2) is 0 Å². The number of benzene rings is 2. The number of hydrogen-bond acceptors (Lipinski definition) is 3. The Morgan fingerprint density at radius 1 is 1.14 bits per heavy atom. The Bertz CT molecular complexity index is 793. The van der Waals surface area contributed by atoms with E-state index in [1.54, 1.807) is 24.3 Å². The lowest BCUT2D eigenvalue weighted by Gasteiger charge is -2.22. The molecule has 1 heterocycles. The summed E-state index contributed by atoms with van der Waals surface area (Å²) in [5.74, 6) is 3.24. The van der Waals surface area contributed by atoms with Gasteiger partial charge in [0.05, 0.1) is 7.11 Å². The van der Waals surface area contributed by atoms with Crippen LogP contribution in [0.2, 0.25) is 0 Å². The van der Waals surface area contributed by atoms with Crippen LogP contribution in [-0.4, -0.2) is 12.2 Å². The predicted octanol–water partition coefficient (Wildman–Crippen LogP) is 3.31. The molecule has 3 heteroatoms. The number of terminal acetylenes is 1. The Morgan fingerprint density at radius 3 is 2.57 bits per heavy atom. The van der Waals surface area contributed by atoms with Gasteiger partial charge in [-0.1, -0.05) is 42.3 Å². The van der Waals surface area contributed by atoms with E-state index in [4.69, 9.17) is 15.6 Å². The third kappa shape index (κ3) is 2.06. The van der Waals surface area contributed by atoms with E-state index in [-0.39, 0.29) is 0 Å². The Kier molecular flexibility index (Phi) is 3.17. The van der Waals surface area contributed by atoms with Crippen LogP contribution in [0.25, 0.3) is 11.0 Å². The summed E-state index contributed by atoms with van der Waals surface area (Å²) in [6.45, 7) is 0. The number of aliphatic hydroxyl groups is 1. The molecule has 1 aromatic heterocycles. The van der Waals surface area contributed by atoms with Crippen molar-refractivity contribution >= 4 is 11.0 Å². The van der Waals surface area contributed by atoms with Crippen molar-refractivity contribution in [3.05, 3.63) is 65.9 Å². The molecule has 0 aliphatic heterocycles. The number of ether oxygens (including phenoxy) is 1. The van der Waals surface area contributed by atoms with Gasteiger partial charge in [0.25, 0.3) is 0 Å². The quantitative estimate of drug-likeness (QED) is 0.747. The molecule has 1 N–H and O–H groups in total. The lowest BCUT2D eigenvalue weighted by atomic mass is 9.91. The van der Waals surface area contributed by atoms with Gasteiger partial charge in [0.2, 0.25) is 5.60 Å². The first-order chi connectivity index (χ1) is 10.2. The molecule has 0 fully saturated rings. The monoisotopic (exact) mass is 278 g/mol. The summed E-state index contributed by atoms with van der Waals surface area (Å²) in [6, 6.07) is 16.3. The predicted molar refractivity (Wildman–Crippen MR) is 81.0 cm³/mol. The molecule has 1 atom stereocenters. The number of hydrogen-bond donors (Lipinski definition) is 1. The van der Waals surface area contributed by atoms with Crippen LogP contribution in [-0.2, 0) is 5.60 Å². The maximum absolute atomic E-state index is 11.0. The van der Waals surface area contributed by atoms with Crippen LogP contribution in [0.3, 0.4) is 0 Å². The molecule has 0 saturated heterocycles. The normalized spacial score (nSPS) is 13.6. The van der Waals surface area contributed by atoms with Crippen LogP contribution in [0.1, 0.15) is 11.3 Å². The summed E-state index contributed by atoms with van der Waals surface area (Å²) >= 11 is 0. The van der Waals surface area contributed by atoms with E-state index in [2.05, 4.69) is 5.92 Å². The van der Waals surface area contributed by atoms with E-state index in [9.17, 15) is 5.11 Å². The minimum atomic E-state index is -1.67. The molecule has 0 aliphatic rings. The number of rotatable bonds is 3. The smallest absolute Gasteiger partial charge is 0.213 e. The van der Waals surface area contributed by atoms with Crippen LogP contribution >= 0.6 is 0 Å². The van der Waals surface area contributed by atoms with Gasteiger partial charge < -0.3 is 14.3 Å². The van der Waals surface area contributed by atoms with E-state index in [0.29, 0.717) is 22.7 Å². The largest absolute Gasteiger partial charge is 0.496 e. The average Bonchev–Trinajstić information content (AvgIpc) is 2.98. The third-order valence-electron chi connectivity index (χ3n) is 3.49. The van der Waals surface area contributed by atoms with Crippen LogP contribution in [0, 0.1) is 12.3 Å². The molecule has 0 amide bonds. The van der Waals surface area contributed by atoms with E-state index in [1.807, 2.05) is 30.3 Å². The van der Waals surface area contributed by atoms with Crippen molar-refractivity contribution in [1.29, 1.82) is 0 Å². The molecule has 21 heavy (non-hydrogen) atoms. The molecule has 1 unspecified atom stereocenters. The van der Waals surface area contributed by atoms with Crippen LogP contribution in [0.5, 0.6) is 5.75 Å². The van der Waals surface area contributed by atoms with Crippen molar-refractivity contribution in [1.82, 2.24) is 0 Å². The molecule has 104 valence electrons. The summed E-state index contributed by atoms with van der Waals surface area (Å²) in [4.78, 5) is 0. The molecular weight excluding hydrogens is 264 g/mol. The summed E-state index contributed by atoms with van der Waals surface area (Å²) in [6.07, 6.45) is 5.60. The van der Waals surface area contributed by atoms with E-state index >= 15 is 0 Å². The van der Waals surface area contributed by atoms with E-state index in [0.717, 1.165) is 5.39 Å². The highest BCUT2D eigenvalue weighted by molar-refractivity contribution is 5.78. The lowest BCUT2D eigenvalue weighted by molar-refractivity contribution is 0.116. The Balaban J connectivity index is 2.22. The fraction of sp³-hybridized carbons (Fsp3) is 0.111. The van der Waals surface area contributed by atoms with Gasteiger partial charge in [-0.3, -0.25) is 0 Å². The molecular formula is C18H14O3. The zero-order chi connectivity index (χ0) is 14.9. The number of para-hydroxylation sites is 2. The highest BCUT2D eigenvalue weighted by Crippen LogP contribution is 2.37. The summed E-state index contributed by atoms with van der Waals surface area (Å²) in [7, 11) is 1.54. The Hall–Kier alpha value is -2.70. The van der Waals surface area contributed by atoms with Crippen molar-refractivity contribution in [2.24, 2.45) is 0 Å². The van der Waals surface area contributed by atoms with Gasteiger partial charge in [0.1, 0.15) is 11.3 Å². The fourth-order valence-corrected chi connectivity index (χ4v) is 2.39. The first-order valence-corrected chi connectivity index (χ1v) is 6.51. The van der Waals surface area contributed by atoms with Gasteiger partial charge in [-0.2, -0.15) is 0 Å². The molecule has 3 rings (SSSR count). The molecule has 2 aromatic carbocycles. The minimum absolute atomic E-state index is 0.302. The highest BCUT2D eigenvalue weighted by Gasteiger charge is 2.35. The van der Waals surface area contributed by atoms with Crippen molar-refractivity contribution in [2.75, 3.05) is 7.11 Å². The van der Waals surface area contributed by atoms with E-state index < -0.39 is 5.60 Å². The zero-order valence-electron chi connectivity index (χ0n) is 11.5. The van der Waals surface area contributed by atoms with Gasteiger partial charge >= 0.3 is 0 Å². The Morgan fingerprint density at radius 2 is 1.86 bits per heavy atom. The van der Waals surface area contributed by atoms with Crippen molar-refractivity contribution < 1.29 is 14.3 Å². The SMILES string of the molecule is C#CC(O)(c1cc2ccccc2o1)c1ccccc1OC. The topological polar surface area (TPSA) is 42.6 Å². The molecule has 3 aromatic rings. The first-order valence-electron chi connectivity index (χ1n) is 6.51. The second kappa shape index (κ2) is 5.01. The summed E-state index contributed by atoms with van der Waals surface area (Å²) < 4.78 is 11.0. The molecule has 0 saturated carbocycles. The van der Waals surface area contributed by atoms with Crippen LogP contribution in [0.4, 0.5) is 0 Å². The standard InChI is InChI=1S/C18H14O3/c1-3-18(19,14-9-5-7-11-16(14)20-2)17-12-13-8-4-6-10-15(13)21-17/h1,4-12,19H,2H3. The van der Waals surface area contributed by atoms with Gasteiger partial charge in [-0.15, -0.1) is 6.42 Å². The molecule has 0 bridgehead atoms. The van der Waals surface area contributed by atoms with Crippen molar-refractivity contribution in [2.45, 2.75) is 5.60 Å². The Labute approximate surface area is 122 Å². The number of furan rings is 1. The van der Waals surface area contributed by atoms with Crippen LogP contribution in [0.15, 0.2) is 59.0 Å². The first kappa shape index (κ1) is 13.3. The van der Waals surface area contributed by atoms with Gasteiger partial charge in [0, 0.05) is 10.9 Å². The average molecular weight is 278 g/mol. The molecule has 3 nitrogen and oxygen atoms in total. The zero-order valence-corrected chi connectivity index (χ0v) is 11.5. The second-order valence-corrected chi connectivity index (χ2v) is 4.70. The molecule has 0 radical (unpaired) electrons.